The SMILES string of the molecule is Br.Br.Br.NCCCC[C@H](N)C(=O)NCC(=O)Nc1ccc(Br)cc1C(=O)c1ccccn1. The van der Waals surface area contributed by atoms with Crippen molar-refractivity contribution in [2.45, 2.75) is 25.3 Å². The minimum atomic E-state index is -0.691. The van der Waals surface area contributed by atoms with Crippen LogP contribution in [0.15, 0.2) is 47.1 Å². The summed E-state index contributed by atoms with van der Waals surface area (Å²) >= 11 is 3.33. The van der Waals surface area contributed by atoms with Crippen LogP contribution in [0.3, 0.4) is 0 Å². The summed E-state index contributed by atoms with van der Waals surface area (Å²) in [6.45, 7) is 0.292. The maximum absolute atomic E-state index is 12.8. The van der Waals surface area contributed by atoms with Crippen LogP contribution in [0.25, 0.3) is 0 Å². The van der Waals surface area contributed by atoms with E-state index in [1.807, 2.05) is 0 Å². The Labute approximate surface area is 227 Å². The van der Waals surface area contributed by atoms with E-state index in [4.69, 9.17) is 11.5 Å². The molecule has 1 atom stereocenters. The van der Waals surface area contributed by atoms with Crippen LogP contribution in [-0.4, -0.2) is 41.7 Å². The van der Waals surface area contributed by atoms with E-state index < -0.39 is 17.9 Å². The van der Waals surface area contributed by atoms with Gasteiger partial charge >= 0.3 is 0 Å². The van der Waals surface area contributed by atoms with Gasteiger partial charge in [0.05, 0.1) is 18.3 Å². The second-order valence-corrected chi connectivity index (χ2v) is 7.31. The normalized spacial score (nSPS) is 10.5. The van der Waals surface area contributed by atoms with Crippen molar-refractivity contribution in [3.63, 3.8) is 0 Å². The molecule has 1 aromatic carbocycles. The van der Waals surface area contributed by atoms with Gasteiger partial charge < -0.3 is 22.1 Å². The number of nitrogens with zero attached hydrogens (tertiary/aromatic N) is 1. The highest BCUT2D eigenvalue weighted by molar-refractivity contribution is 9.10. The number of amides is 2. The second-order valence-electron chi connectivity index (χ2n) is 6.39. The van der Waals surface area contributed by atoms with E-state index in [1.165, 1.54) is 6.20 Å². The summed E-state index contributed by atoms with van der Waals surface area (Å²) in [5, 5.41) is 5.16. The van der Waals surface area contributed by atoms with Crippen molar-refractivity contribution in [3.05, 3.63) is 58.3 Å². The Morgan fingerprint density at radius 3 is 2.41 bits per heavy atom. The van der Waals surface area contributed by atoms with Crippen LogP contribution in [0, 0.1) is 0 Å². The van der Waals surface area contributed by atoms with Gasteiger partial charge in [-0.05, 0) is 49.7 Å². The highest BCUT2D eigenvalue weighted by Crippen LogP contribution is 2.23. The van der Waals surface area contributed by atoms with Gasteiger partial charge in [-0.15, -0.1) is 50.9 Å². The van der Waals surface area contributed by atoms with Crippen molar-refractivity contribution in [2.24, 2.45) is 11.5 Å². The van der Waals surface area contributed by atoms with Crippen molar-refractivity contribution in [3.8, 4) is 0 Å². The van der Waals surface area contributed by atoms with Crippen LogP contribution < -0.4 is 22.1 Å². The number of nitrogens with two attached hydrogens (primary N) is 2. The molecule has 0 saturated heterocycles. The molecule has 0 aliphatic rings. The first-order valence-corrected chi connectivity index (χ1v) is 10.00. The number of anilines is 1. The lowest BCUT2D eigenvalue weighted by atomic mass is 10.1. The molecule has 178 valence electrons. The number of hydrogen-bond donors (Lipinski definition) is 4. The van der Waals surface area contributed by atoms with Crippen LogP contribution in [0.5, 0.6) is 0 Å². The number of hydrogen-bond acceptors (Lipinski definition) is 6. The Bertz CT molecular complexity index is 872. The molecule has 0 fully saturated rings. The Balaban J connectivity index is 0. The van der Waals surface area contributed by atoms with Crippen LogP contribution in [0.4, 0.5) is 5.69 Å². The summed E-state index contributed by atoms with van der Waals surface area (Å²) in [7, 11) is 0. The number of benzene rings is 1. The zero-order chi connectivity index (χ0) is 21.2. The van der Waals surface area contributed by atoms with Gasteiger partial charge in [0.2, 0.25) is 17.6 Å². The number of aromatic nitrogens is 1. The predicted molar refractivity (Wildman–Crippen MR) is 145 cm³/mol. The third-order valence-corrected chi connectivity index (χ3v) is 4.62. The third-order valence-electron chi connectivity index (χ3n) is 4.13. The smallest absolute Gasteiger partial charge is 0.243 e. The van der Waals surface area contributed by atoms with Gasteiger partial charge in [0, 0.05) is 16.2 Å². The molecule has 0 bridgehead atoms. The number of nitrogens with one attached hydrogen (secondary N) is 2. The molecule has 0 unspecified atom stereocenters. The summed E-state index contributed by atoms with van der Waals surface area (Å²) in [5.74, 6) is -1.20. The number of carbonyl (C=O) groups is 3. The number of rotatable bonds is 10. The van der Waals surface area contributed by atoms with Crippen molar-refractivity contribution in [2.75, 3.05) is 18.4 Å². The summed E-state index contributed by atoms with van der Waals surface area (Å²) in [6, 6.07) is 9.25. The van der Waals surface area contributed by atoms with E-state index >= 15 is 0 Å². The summed E-state index contributed by atoms with van der Waals surface area (Å²) in [5.41, 5.74) is 12.1. The molecular formula is C20H27Br4N5O3. The van der Waals surface area contributed by atoms with Crippen molar-refractivity contribution < 1.29 is 14.4 Å². The van der Waals surface area contributed by atoms with Crippen molar-refractivity contribution in [1.82, 2.24) is 10.3 Å². The average molecular weight is 705 g/mol. The fourth-order valence-electron chi connectivity index (χ4n) is 2.58. The maximum Gasteiger partial charge on any atom is 0.243 e. The molecule has 32 heavy (non-hydrogen) atoms. The molecule has 0 radical (unpaired) electrons. The van der Waals surface area contributed by atoms with Crippen molar-refractivity contribution in [1.29, 1.82) is 0 Å². The molecule has 0 aliphatic heterocycles. The Kier molecular flexibility index (Phi) is 17.9. The number of ketones is 1. The third kappa shape index (κ3) is 10.6. The lowest BCUT2D eigenvalue weighted by molar-refractivity contribution is -0.125. The monoisotopic (exact) mass is 701 g/mol. The molecular weight excluding hydrogens is 678 g/mol. The quantitative estimate of drug-likeness (QED) is 0.221. The van der Waals surface area contributed by atoms with Gasteiger partial charge in [0.15, 0.2) is 0 Å². The lowest BCUT2D eigenvalue weighted by Crippen LogP contribution is -2.43. The van der Waals surface area contributed by atoms with Gasteiger partial charge in [0.1, 0.15) is 5.69 Å². The summed E-state index contributed by atoms with van der Waals surface area (Å²) in [4.78, 5) is 41.1. The lowest BCUT2D eigenvalue weighted by Gasteiger charge is -2.13. The predicted octanol–water partition coefficient (Wildman–Crippen LogP) is 3.32. The first kappa shape index (κ1) is 33.0. The number of carbonyl (C=O) groups excluding carboxylic acids is 3. The van der Waals surface area contributed by atoms with Crippen LogP contribution >= 0.6 is 66.9 Å². The largest absolute Gasteiger partial charge is 0.346 e. The average Bonchev–Trinajstić information content (AvgIpc) is 2.73. The maximum atomic E-state index is 12.8. The minimum Gasteiger partial charge on any atom is -0.346 e. The standard InChI is InChI=1S/C20H24BrN5O3.3BrH/c21-13-7-8-16(14(11-13)19(28)17-6-2-4-10-24-17)26-18(27)12-25-20(29)15(23)5-1-3-9-22;;;/h2,4,6-8,10-11,15H,1,3,5,9,12,22-23H2,(H,25,29)(H,26,27);3*1H/t15-;;;/m0.../s1. The van der Waals surface area contributed by atoms with Crippen molar-refractivity contribution >= 4 is 90.2 Å². The first-order valence-electron chi connectivity index (χ1n) is 9.21. The fourth-order valence-corrected chi connectivity index (χ4v) is 2.94. The van der Waals surface area contributed by atoms with E-state index in [9.17, 15) is 14.4 Å². The molecule has 2 rings (SSSR count). The molecule has 1 aromatic heterocycles. The fraction of sp³-hybridized carbons (Fsp3) is 0.300. The van der Waals surface area contributed by atoms with Gasteiger partial charge in [0.25, 0.3) is 0 Å². The molecule has 2 amide bonds. The highest BCUT2D eigenvalue weighted by Gasteiger charge is 2.18. The molecule has 8 nitrogen and oxygen atoms in total. The second kappa shape index (κ2) is 17.3. The Morgan fingerprint density at radius 2 is 1.78 bits per heavy atom. The molecule has 1 heterocycles. The van der Waals surface area contributed by atoms with Crippen LogP contribution in [0.1, 0.15) is 35.3 Å². The topological polar surface area (TPSA) is 140 Å². The zero-order valence-corrected chi connectivity index (χ0v) is 23.8. The van der Waals surface area contributed by atoms with E-state index in [0.717, 1.165) is 12.8 Å². The van der Waals surface area contributed by atoms with Gasteiger partial charge in [-0.1, -0.05) is 28.4 Å². The summed E-state index contributed by atoms with van der Waals surface area (Å²) < 4.78 is 0.687. The molecule has 12 heteroatoms. The molecule has 6 N–H and O–H groups in total. The minimum absolute atomic E-state index is 0. The molecule has 2 aromatic rings. The van der Waals surface area contributed by atoms with Gasteiger partial charge in [-0.25, -0.2) is 0 Å². The number of halogens is 4. The van der Waals surface area contributed by atoms with E-state index in [1.54, 1.807) is 36.4 Å². The van der Waals surface area contributed by atoms with Gasteiger partial charge in [-0.2, -0.15) is 0 Å². The van der Waals surface area contributed by atoms with Crippen LogP contribution in [0.2, 0.25) is 0 Å². The Hall–Kier alpha value is -1.18. The van der Waals surface area contributed by atoms with Gasteiger partial charge in [-0.3, -0.25) is 19.4 Å². The van der Waals surface area contributed by atoms with E-state index in [-0.39, 0.29) is 74.5 Å². The van der Waals surface area contributed by atoms with E-state index in [0.29, 0.717) is 23.1 Å². The number of pyridine rings is 1. The molecule has 0 aliphatic carbocycles. The zero-order valence-electron chi connectivity index (χ0n) is 17.1. The Morgan fingerprint density at radius 1 is 1.06 bits per heavy atom. The van der Waals surface area contributed by atoms with E-state index in [2.05, 4.69) is 31.5 Å². The van der Waals surface area contributed by atoms with Crippen LogP contribution in [-0.2, 0) is 9.59 Å². The highest BCUT2D eigenvalue weighted by atomic mass is 79.9. The first-order chi connectivity index (χ1) is 13.9. The number of unbranched alkanes of at least 4 members (excludes halogenated alkanes) is 1. The summed E-state index contributed by atoms with van der Waals surface area (Å²) in [6.07, 6.45) is 3.56. The molecule has 0 spiro atoms. The molecule has 0 saturated carbocycles.